The van der Waals surface area contributed by atoms with Crippen LogP contribution in [0.25, 0.3) is 0 Å². The van der Waals surface area contributed by atoms with Gasteiger partial charge in [0, 0.05) is 12.1 Å². The summed E-state index contributed by atoms with van der Waals surface area (Å²) < 4.78 is 0. The van der Waals surface area contributed by atoms with E-state index in [9.17, 15) is 0 Å². The molecule has 0 aliphatic rings. The van der Waals surface area contributed by atoms with Crippen LogP contribution in [0.5, 0.6) is 0 Å². The van der Waals surface area contributed by atoms with Crippen LogP contribution < -0.4 is 11.1 Å². The molecule has 0 aliphatic carbocycles. The topological polar surface area (TPSA) is 38.0 Å². The standard InChI is InChI=1S/C12H24N2/c1-5-8-11(7-3)14-12(4,10-13)9-6-2/h3,11,14H,5-6,8-10,13H2,1-2,4H3. The molecule has 2 atom stereocenters. The van der Waals surface area contributed by atoms with Crippen LogP contribution in [-0.2, 0) is 0 Å². The molecule has 0 bridgehead atoms. The van der Waals surface area contributed by atoms with Crippen molar-refractivity contribution in [2.45, 2.75) is 58.0 Å². The summed E-state index contributed by atoms with van der Waals surface area (Å²) >= 11 is 0. The molecule has 2 heteroatoms. The van der Waals surface area contributed by atoms with Gasteiger partial charge in [-0.25, -0.2) is 0 Å². The van der Waals surface area contributed by atoms with Gasteiger partial charge in [-0.2, -0.15) is 0 Å². The van der Waals surface area contributed by atoms with Gasteiger partial charge in [0.2, 0.25) is 0 Å². The van der Waals surface area contributed by atoms with Crippen molar-refractivity contribution >= 4 is 0 Å². The lowest BCUT2D eigenvalue weighted by Crippen LogP contribution is -2.52. The van der Waals surface area contributed by atoms with Crippen molar-refractivity contribution < 1.29 is 0 Å². The zero-order chi connectivity index (χ0) is 11.0. The molecule has 82 valence electrons. The summed E-state index contributed by atoms with van der Waals surface area (Å²) in [5.41, 5.74) is 5.76. The van der Waals surface area contributed by atoms with Crippen molar-refractivity contribution in [2.75, 3.05) is 6.54 Å². The molecule has 0 spiro atoms. The largest absolute Gasteiger partial charge is 0.329 e. The second-order valence-electron chi connectivity index (χ2n) is 4.17. The van der Waals surface area contributed by atoms with Gasteiger partial charge in [-0.15, -0.1) is 6.42 Å². The molecular weight excluding hydrogens is 172 g/mol. The van der Waals surface area contributed by atoms with E-state index in [1.165, 1.54) is 0 Å². The van der Waals surface area contributed by atoms with Crippen LogP contribution in [0.4, 0.5) is 0 Å². The van der Waals surface area contributed by atoms with Crippen LogP contribution >= 0.6 is 0 Å². The molecule has 0 heterocycles. The Balaban J connectivity index is 4.20. The van der Waals surface area contributed by atoms with Gasteiger partial charge in [-0.1, -0.05) is 32.6 Å². The molecule has 0 radical (unpaired) electrons. The van der Waals surface area contributed by atoms with E-state index in [-0.39, 0.29) is 11.6 Å². The number of terminal acetylenes is 1. The zero-order valence-electron chi connectivity index (χ0n) is 9.77. The SMILES string of the molecule is C#CC(CCC)NC(C)(CN)CCC. The van der Waals surface area contributed by atoms with E-state index < -0.39 is 0 Å². The third kappa shape index (κ3) is 4.64. The molecule has 0 aromatic rings. The Morgan fingerprint density at radius 1 is 1.43 bits per heavy atom. The van der Waals surface area contributed by atoms with Crippen LogP contribution in [0.1, 0.15) is 46.5 Å². The van der Waals surface area contributed by atoms with E-state index in [0.717, 1.165) is 25.7 Å². The molecule has 0 aliphatic heterocycles. The Bertz CT molecular complexity index is 183. The number of nitrogens with one attached hydrogen (secondary N) is 1. The molecule has 0 rings (SSSR count). The first-order valence-corrected chi connectivity index (χ1v) is 5.55. The molecule has 2 nitrogen and oxygen atoms in total. The molecule has 0 amide bonds. The van der Waals surface area contributed by atoms with Crippen LogP contribution in [0.3, 0.4) is 0 Å². The van der Waals surface area contributed by atoms with Gasteiger partial charge in [0.1, 0.15) is 0 Å². The predicted octanol–water partition coefficient (Wildman–Crippen LogP) is 1.90. The molecule has 2 unspecified atom stereocenters. The molecule has 0 fully saturated rings. The Morgan fingerprint density at radius 2 is 2.07 bits per heavy atom. The maximum Gasteiger partial charge on any atom is 0.0691 e. The smallest absolute Gasteiger partial charge is 0.0691 e. The van der Waals surface area contributed by atoms with E-state index in [1.807, 2.05) is 0 Å². The fourth-order valence-electron chi connectivity index (χ4n) is 1.69. The lowest BCUT2D eigenvalue weighted by Gasteiger charge is -2.32. The first-order valence-electron chi connectivity index (χ1n) is 5.55. The van der Waals surface area contributed by atoms with Crippen molar-refractivity contribution in [1.82, 2.24) is 5.32 Å². The first-order chi connectivity index (χ1) is 6.61. The van der Waals surface area contributed by atoms with Gasteiger partial charge in [-0.05, 0) is 19.8 Å². The van der Waals surface area contributed by atoms with Gasteiger partial charge in [0.05, 0.1) is 6.04 Å². The summed E-state index contributed by atoms with van der Waals surface area (Å²) in [5, 5.41) is 3.47. The van der Waals surface area contributed by atoms with E-state index in [1.54, 1.807) is 0 Å². The van der Waals surface area contributed by atoms with Crippen LogP contribution in [0.15, 0.2) is 0 Å². The summed E-state index contributed by atoms with van der Waals surface area (Å²) in [7, 11) is 0. The summed E-state index contributed by atoms with van der Waals surface area (Å²) in [4.78, 5) is 0. The molecular formula is C12H24N2. The number of hydrogen-bond donors (Lipinski definition) is 2. The van der Waals surface area contributed by atoms with Gasteiger partial charge in [0.15, 0.2) is 0 Å². The average molecular weight is 196 g/mol. The maximum absolute atomic E-state index is 5.76. The maximum atomic E-state index is 5.76. The van der Waals surface area contributed by atoms with Crippen molar-refractivity contribution in [3.63, 3.8) is 0 Å². The Labute approximate surface area is 88.6 Å². The molecule has 0 saturated carbocycles. The van der Waals surface area contributed by atoms with Crippen molar-refractivity contribution in [2.24, 2.45) is 5.73 Å². The summed E-state index contributed by atoms with van der Waals surface area (Å²) in [6.45, 7) is 7.10. The minimum absolute atomic E-state index is 0.000949. The zero-order valence-corrected chi connectivity index (χ0v) is 9.77. The molecule has 14 heavy (non-hydrogen) atoms. The predicted molar refractivity (Wildman–Crippen MR) is 63.0 cm³/mol. The molecule has 0 saturated heterocycles. The fourth-order valence-corrected chi connectivity index (χ4v) is 1.69. The Hall–Kier alpha value is -0.520. The number of hydrogen-bond acceptors (Lipinski definition) is 2. The molecule has 0 aromatic carbocycles. The lowest BCUT2D eigenvalue weighted by atomic mass is 9.94. The molecule has 0 aromatic heterocycles. The van der Waals surface area contributed by atoms with Crippen molar-refractivity contribution in [1.29, 1.82) is 0 Å². The normalized spacial score (nSPS) is 17.1. The van der Waals surface area contributed by atoms with Gasteiger partial charge >= 0.3 is 0 Å². The first kappa shape index (κ1) is 13.5. The third-order valence-electron chi connectivity index (χ3n) is 2.55. The minimum Gasteiger partial charge on any atom is -0.329 e. The second-order valence-corrected chi connectivity index (χ2v) is 4.17. The average Bonchev–Trinajstić information content (AvgIpc) is 2.17. The van der Waals surface area contributed by atoms with Crippen LogP contribution in [-0.4, -0.2) is 18.1 Å². The monoisotopic (exact) mass is 196 g/mol. The van der Waals surface area contributed by atoms with Crippen molar-refractivity contribution in [3.8, 4) is 12.3 Å². The highest BCUT2D eigenvalue weighted by atomic mass is 15.0. The highest BCUT2D eigenvalue weighted by molar-refractivity contribution is 5.02. The lowest BCUT2D eigenvalue weighted by molar-refractivity contribution is 0.311. The van der Waals surface area contributed by atoms with E-state index in [0.29, 0.717) is 6.54 Å². The Kier molecular flexibility index (Phi) is 6.61. The van der Waals surface area contributed by atoms with Crippen LogP contribution in [0, 0.1) is 12.3 Å². The highest BCUT2D eigenvalue weighted by Crippen LogP contribution is 2.12. The van der Waals surface area contributed by atoms with Gasteiger partial charge < -0.3 is 5.73 Å². The van der Waals surface area contributed by atoms with E-state index in [4.69, 9.17) is 12.2 Å². The second kappa shape index (κ2) is 6.86. The minimum atomic E-state index is 0.000949. The molecule has 3 N–H and O–H groups in total. The highest BCUT2D eigenvalue weighted by Gasteiger charge is 2.23. The van der Waals surface area contributed by atoms with E-state index in [2.05, 4.69) is 32.0 Å². The summed E-state index contributed by atoms with van der Waals surface area (Å²) in [5.74, 6) is 2.78. The van der Waals surface area contributed by atoms with Gasteiger partial charge in [0.25, 0.3) is 0 Å². The summed E-state index contributed by atoms with van der Waals surface area (Å²) in [6.07, 6.45) is 9.80. The van der Waals surface area contributed by atoms with E-state index >= 15 is 0 Å². The Morgan fingerprint density at radius 3 is 2.43 bits per heavy atom. The summed E-state index contributed by atoms with van der Waals surface area (Å²) in [6, 6.07) is 0.167. The fraction of sp³-hybridized carbons (Fsp3) is 0.833. The quantitative estimate of drug-likeness (QED) is 0.610. The van der Waals surface area contributed by atoms with Gasteiger partial charge in [-0.3, -0.25) is 5.32 Å². The third-order valence-corrected chi connectivity index (χ3v) is 2.55. The van der Waals surface area contributed by atoms with Crippen LogP contribution in [0.2, 0.25) is 0 Å². The van der Waals surface area contributed by atoms with Crippen molar-refractivity contribution in [3.05, 3.63) is 0 Å². The number of nitrogens with two attached hydrogens (primary N) is 1. The number of rotatable bonds is 7.